The highest BCUT2D eigenvalue weighted by atomic mass is 16.3. The maximum Gasteiger partial charge on any atom is 0.147 e. The molecule has 0 bridgehead atoms. The minimum Gasteiger partial charge on any atom is -0.505 e. The molecule has 4 heteroatoms. The number of phenolic OH excluding ortho intramolecular Hbond substituents is 1. The maximum absolute atomic E-state index is 11.1. The molecule has 1 unspecified atom stereocenters. The van der Waals surface area contributed by atoms with Crippen molar-refractivity contribution in [2.45, 2.75) is 26.8 Å². The first-order chi connectivity index (χ1) is 13.5. The molecule has 2 heterocycles. The quantitative estimate of drug-likeness (QED) is 0.501. The lowest BCUT2D eigenvalue weighted by Gasteiger charge is -2.24. The molecule has 0 saturated heterocycles. The van der Waals surface area contributed by atoms with E-state index in [-0.39, 0.29) is 11.8 Å². The van der Waals surface area contributed by atoms with Crippen LogP contribution in [0.15, 0.2) is 66.9 Å². The second-order valence-electron chi connectivity index (χ2n) is 7.18. The number of pyridine rings is 2. The number of phenols is 1. The van der Waals surface area contributed by atoms with E-state index in [4.69, 9.17) is 0 Å². The summed E-state index contributed by atoms with van der Waals surface area (Å²) in [7, 11) is 0. The predicted molar refractivity (Wildman–Crippen MR) is 114 cm³/mol. The van der Waals surface area contributed by atoms with Crippen molar-refractivity contribution in [3.63, 3.8) is 0 Å². The van der Waals surface area contributed by atoms with Crippen LogP contribution < -0.4 is 5.32 Å². The number of aromatic hydroxyl groups is 1. The van der Waals surface area contributed by atoms with Crippen LogP contribution in [-0.4, -0.2) is 15.1 Å². The maximum atomic E-state index is 11.1. The number of fused-ring (bicyclic) bond motifs is 1. The third-order valence-electron chi connectivity index (χ3n) is 5.02. The fourth-order valence-electron chi connectivity index (χ4n) is 3.51. The van der Waals surface area contributed by atoms with Crippen LogP contribution >= 0.6 is 0 Å². The second kappa shape index (κ2) is 7.31. The largest absolute Gasteiger partial charge is 0.505 e. The lowest BCUT2D eigenvalue weighted by Crippen LogP contribution is -2.15. The molecule has 0 amide bonds. The monoisotopic (exact) mass is 369 g/mol. The molecule has 4 nitrogen and oxygen atoms in total. The van der Waals surface area contributed by atoms with E-state index in [1.54, 1.807) is 6.20 Å². The summed E-state index contributed by atoms with van der Waals surface area (Å²) in [6.45, 7) is 6.09. The first kappa shape index (κ1) is 18.0. The highest BCUT2D eigenvalue weighted by molar-refractivity contribution is 5.86. The van der Waals surface area contributed by atoms with Gasteiger partial charge in [-0.05, 0) is 50.1 Å². The van der Waals surface area contributed by atoms with Gasteiger partial charge in [-0.3, -0.25) is 0 Å². The summed E-state index contributed by atoms with van der Waals surface area (Å²) in [6, 6.07) is 19.8. The van der Waals surface area contributed by atoms with E-state index in [1.807, 2.05) is 49.4 Å². The first-order valence-electron chi connectivity index (χ1n) is 9.37. The van der Waals surface area contributed by atoms with Gasteiger partial charge in [-0.1, -0.05) is 48.0 Å². The fourth-order valence-corrected chi connectivity index (χ4v) is 3.51. The molecule has 2 aromatic heterocycles. The number of benzene rings is 2. The third-order valence-corrected chi connectivity index (χ3v) is 5.02. The molecule has 0 saturated carbocycles. The molecule has 0 aliphatic carbocycles. The van der Waals surface area contributed by atoms with E-state index < -0.39 is 0 Å². The summed E-state index contributed by atoms with van der Waals surface area (Å²) in [5.74, 6) is 0.959. The van der Waals surface area contributed by atoms with Crippen LogP contribution in [0, 0.1) is 20.8 Å². The van der Waals surface area contributed by atoms with E-state index in [0.29, 0.717) is 5.52 Å². The number of rotatable bonds is 4. The number of aromatic nitrogens is 2. The average molecular weight is 369 g/mol. The van der Waals surface area contributed by atoms with Gasteiger partial charge in [0.25, 0.3) is 0 Å². The zero-order valence-corrected chi connectivity index (χ0v) is 16.3. The highest BCUT2D eigenvalue weighted by Crippen LogP contribution is 2.37. The lowest BCUT2D eigenvalue weighted by molar-refractivity contribution is 0.471. The van der Waals surface area contributed by atoms with Crippen LogP contribution in [0.25, 0.3) is 10.9 Å². The summed E-state index contributed by atoms with van der Waals surface area (Å²) in [5, 5.41) is 15.5. The Hall–Kier alpha value is -3.40. The minimum atomic E-state index is -0.249. The zero-order valence-electron chi connectivity index (χ0n) is 16.3. The number of aryl methyl sites for hydroxylation is 3. The summed E-state index contributed by atoms with van der Waals surface area (Å²) in [6.07, 6.45) is 1.76. The minimum absolute atomic E-state index is 0.204. The van der Waals surface area contributed by atoms with Gasteiger partial charge >= 0.3 is 0 Å². The Morgan fingerprint density at radius 3 is 2.50 bits per heavy atom. The normalized spacial score (nSPS) is 12.1. The molecule has 0 radical (unpaired) electrons. The van der Waals surface area contributed by atoms with Gasteiger partial charge < -0.3 is 10.4 Å². The Morgan fingerprint density at radius 1 is 0.893 bits per heavy atom. The average Bonchev–Trinajstić information content (AvgIpc) is 2.70. The van der Waals surface area contributed by atoms with Gasteiger partial charge in [0, 0.05) is 22.8 Å². The number of nitrogens with zero attached hydrogens (tertiary/aromatic N) is 2. The van der Waals surface area contributed by atoms with E-state index in [1.165, 1.54) is 5.56 Å². The van der Waals surface area contributed by atoms with Crippen LogP contribution in [0.3, 0.4) is 0 Å². The van der Waals surface area contributed by atoms with E-state index >= 15 is 0 Å². The smallest absolute Gasteiger partial charge is 0.147 e. The van der Waals surface area contributed by atoms with Crippen molar-refractivity contribution >= 4 is 16.7 Å². The van der Waals surface area contributed by atoms with Gasteiger partial charge in [-0.25, -0.2) is 9.97 Å². The summed E-state index contributed by atoms with van der Waals surface area (Å²) in [5.41, 5.74) is 5.70. The molecule has 4 rings (SSSR count). The van der Waals surface area contributed by atoms with E-state index in [9.17, 15) is 5.11 Å². The van der Waals surface area contributed by atoms with Crippen molar-refractivity contribution in [1.29, 1.82) is 0 Å². The first-order valence-corrected chi connectivity index (χ1v) is 9.37. The number of hydrogen-bond acceptors (Lipinski definition) is 4. The van der Waals surface area contributed by atoms with Crippen LogP contribution in [0.5, 0.6) is 5.75 Å². The fraction of sp³-hybridized carbons (Fsp3) is 0.167. The second-order valence-corrected chi connectivity index (χ2v) is 7.18. The zero-order chi connectivity index (χ0) is 19.7. The Labute approximate surface area is 164 Å². The van der Waals surface area contributed by atoms with Gasteiger partial charge in [-0.15, -0.1) is 0 Å². The molecule has 0 aliphatic heterocycles. The lowest BCUT2D eigenvalue weighted by atomic mass is 9.92. The molecule has 28 heavy (non-hydrogen) atoms. The summed E-state index contributed by atoms with van der Waals surface area (Å²) >= 11 is 0. The van der Waals surface area contributed by atoms with Crippen LogP contribution in [-0.2, 0) is 0 Å². The summed E-state index contributed by atoms with van der Waals surface area (Å²) in [4.78, 5) is 8.98. The van der Waals surface area contributed by atoms with E-state index in [0.717, 1.165) is 33.6 Å². The molecule has 4 aromatic rings. The molecular formula is C24H23N3O. The molecule has 1 atom stereocenters. The molecule has 2 aromatic carbocycles. The highest BCUT2D eigenvalue weighted by Gasteiger charge is 2.22. The van der Waals surface area contributed by atoms with Crippen LogP contribution in [0.4, 0.5) is 5.82 Å². The van der Waals surface area contributed by atoms with Gasteiger partial charge in [0.2, 0.25) is 0 Å². The number of hydrogen-bond donors (Lipinski definition) is 2. The van der Waals surface area contributed by atoms with Crippen molar-refractivity contribution in [1.82, 2.24) is 9.97 Å². The topological polar surface area (TPSA) is 58.0 Å². The third kappa shape index (κ3) is 3.41. The van der Waals surface area contributed by atoms with Gasteiger partial charge in [0.05, 0.1) is 6.04 Å². The van der Waals surface area contributed by atoms with Crippen molar-refractivity contribution in [2.24, 2.45) is 0 Å². The van der Waals surface area contributed by atoms with Crippen molar-refractivity contribution in [2.75, 3.05) is 5.32 Å². The molecule has 2 N–H and O–H groups in total. The molecule has 0 aliphatic rings. The number of anilines is 1. The SMILES string of the molecule is Cc1ccc(C)c(C(Nc2ccccn2)c2ccc3ccc(C)nc3c2O)c1. The van der Waals surface area contributed by atoms with Crippen molar-refractivity contribution in [3.05, 3.63) is 94.8 Å². The van der Waals surface area contributed by atoms with Crippen LogP contribution in [0.1, 0.15) is 34.0 Å². The van der Waals surface area contributed by atoms with Gasteiger partial charge in [0.15, 0.2) is 0 Å². The van der Waals surface area contributed by atoms with Crippen molar-refractivity contribution < 1.29 is 5.11 Å². The molecule has 140 valence electrons. The van der Waals surface area contributed by atoms with E-state index in [2.05, 4.69) is 47.3 Å². The van der Waals surface area contributed by atoms with Crippen molar-refractivity contribution in [3.8, 4) is 5.75 Å². The molecule has 0 spiro atoms. The summed E-state index contributed by atoms with van der Waals surface area (Å²) < 4.78 is 0. The Balaban J connectivity index is 1.91. The standard InChI is InChI=1S/C24H23N3O/c1-15-7-8-16(2)20(14-15)23(27-21-6-4-5-13-25-21)19-12-11-18-10-9-17(3)26-22(18)24(19)28/h4-14,23,28H,1-3H3,(H,25,27). The molecular weight excluding hydrogens is 346 g/mol. The Morgan fingerprint density at radius 2 is 1.71 bits per heavy atom. The predicted octanol–water partition coefficient (Wildman–Crippen LogP) is 5.46. The Bertz CT molecular complexity index is 1140. The van der Waals surface area contributed by atoms with Gasteiger partial charge in [0.1, 0.15) is 17.1 Å². The van der Waals surface area contributed by atoms with Crippen LogP contribution in [0.2, 0.25) is 0 Å². The Kier molecular flexibility index (Phi) is 4.70. The van der Waals surface area contributed by atoms with Gasteiger partial charge in [-0.2, -0.15) is 0 Å². The number of nitrogens with one attached hydrogen (secondary N) is 1. The molecule has 0 fully saturated rings.